The number of carbonyl (C=O) groups excluding carboxylic acids is 1. The molecule has 0 spiro atoms. The third-order valence-electron chi connectivity index (χ3n) is 2.15. The molecule has 4 nitrogen and oxygen atoms in total. The third-order valence-corrected chi connectivity index (χ3v) is 2.15. The number of carbonyl (C=O) groups is 1. The molecule has 0 aliphatic heterocycles. The summed E-state index contributed by atoms with van der Waals surface area (Å²) in [6.45, 7) is 5.88. The first kappa shape index (κ1) is 13.4. The zero-order valence-electron chi connectivity index (χ0n) is 9.34. The van der Waals surface area contributed by atoms with Gasteiger partial charge in [-0.25, -0.2) is 0 Å². The molecule has 0 aromatic carbocycles. The number of rotatable bonds is 6. The zero-order valence-corrected chi connectivity index (χ0v) is 9.34. The summed E-state index contributed by atoms with van der Waals surface area (Å²) in [5.74, 6) is -0.195. The molecule has 0 radical (unpaired) electrons. The molecule has 0 saturated carbocycles. The minimum atomic E-state index is -0.557. The summed E-state index contributed by atoms with van der Waals surface area (Å²) < 4.78 is 0. The minimum Gasteiger partial charge on any atom is -0.394 e. The fourth-order valence-corrected chi connectivity index (χ4v) is 1.18. The number of amides is 1. The summed E-state index contributed by atoms with van der Waals surface area (Å²) in [5.41, 5.74) is 4.94. The maximum absolute atomic E-state index is 11.6. The van der Waals surface area contributed by atoms with Crippen LogP contribution in [0.15, 0.2) is 0 Å². The summed E-state index contributed by atoms with van der Waals surface area (Å²) >= 11 is 0. The molecule has 0 heterocycles. The average molecular weight is 202 g/mol. The van der Waals surface area contributed by atoms with Crippen molar-refractivity contribution in [2.45, 2.75) is 39.2 Å². The molecule has 0 bridgehead atoms. The smallest absolute Gasteiger partial charge is 0.224 e. The van der Waals surface area contributed by atoms with E-state index >= 15 is 0 Å². The fourth-order valence-electron chi connectivity index (χ4n) is 1.18. The van der Waals surface area contributed by atoms with Gasteiger partial charge in [0.25, 0.3) is 0 Å². The van der Waals surface area contributed by atoms with Crippen molar-refractivity contribution >= 4 is 5.91 Å². The molecule has 0 rings (SSSR count). The van der Waals surface area contributed by atoms with Crippen molar-refractivity contribution in [1.29, 1.82) is 0 Å². The second kappa shape index (κ2) is 5.98. The number of aliphatic hydroxyl groups excluding tert-OH is 1. The van der Waals surface area contributed by atoms with E-state index in [1.54, 1.807) is 13.8 Å². The second-order valence-electron chi connectivity index (χ2n) is 4.25. The summed E-state index contributed by atoms with van der Waals surface area (Å²) in [4.78, 5) is 11.6. The Balaban J connectivity index is 4.16. The maximum atomic E-state index is 11.6. The molecule has 4 heteroatoms. The highest BCUT2D eigenvalue weighted by Gasteiger charge is 2.23. The summed E-state index contributed by atoms with van der Waals surface area (Å²) in [6, 6.07) is 0. The van der Waals surface area contributed by atoms with E-state index in [4.69, 9.17) is 10.8 Å². The Morgan fingerprint density at radius 2 is 2.14 bits per heavy atom. The van der Waals surface area contributed by atoms with Gasteiger partial charge in [0.1, 0.15) is 0 Å². The molecule has 14 heavy (non-hydrogen) atoms. The van der Waals surface area contributed by atoms with Gasteiger partial charge in [-0.15, -0.1) is 0 Å². The molecule has 4 N–H and O–H groups in total. The van der Waals surface area contributed by atoms with E-state index in [9.17, 15) is 4.79 Å². The van der Waals surface area contributed by atoms with Gasteiger partial charge in [-0.05, 0) is 20.3 Å². The van der Waals surface area contributed by atoms with Crippen LogP contribution in [0.5, 0.6) is 0 Å². The van der Waals surface area contributed by atoms with Gasteiger partial charge in [-0.3, -0.25) is 4.79 Å². The Hall–Kier alpha value is -0.610. The number of nitrogens with one attached hydrogen (secondary N) is 1. The molecule has 0 aliphatic carbocycles. The van der Waals surface area contributed by atoms with Crippen LogP contribution in [0.3, 0.4) is 0 Å². The number of hydrogen-bond acceptors (Lipinski definition) is 3. The summed E-state index contributed by atoms with van der Waals surface area (Å²) in [5, 5.41) is 11.8. The van der Waals surface area contributed by atoms with Gasteiger partial charge in [-0.1, -0.05) is 13.3 Å². The van der Waals surface area contributed by atoms with Crippen LogP contribution < -0.4 is 11.1 Å². The van der Waals surface area contributed by atoms with Gasteiger partial charge < -0.3 is 16.2 Å². The van der Waals surface area contributed by atoms with Crippen molar-refractivity contribution in [3.8, 4) is 0 Å². The van der Waals surface area contributed by atoms with Crippen LogP contribution in [0.2, 0.25) is 0 Å². The first-order chi connectivity index (χ1) is 6.46. The first-order valence-corrected chi connectivity index (χ1v) is 5.09. The van der Waals surface area contributed by atoms with Crippen LogP contribution in [0.1, 0.15) is 33.6 Å². The Kier molecular flexibility index (Phi) is 5.72. The molecule has 0 saturated heterocycles. The molecule has 1 atom stereocenters. The number of hydrogen-bond donors (Lipinski definition) is 3. The summed E-state index contributed by atoms with van der Waals surface area (Å²) in [7, 11) is 0. The Labute approximate surface area is 85.9 Å². The van der Waals surface area contributed by atoms with Crippen LogP contribution >= 0.6 is 0 Å². The second-order valence-corrected chi connectivity index (χ2v) is 4.25. The Morgan fingerprint density at radius 1 is 1.57 bits per heavy atom. The highest BCUT2D eigenvalue weighted by atomic mass is 16.3. The SMILES string of the molecule is CCCC(CN)C(=O)NC(C)(C)CO. The fraction of sp³-hybridized carbons (Fsp3) is 0.900. The molecule has 0 fully saturated rings. The molecule has 1 unspecified atom stereocenters. The zero-order chi connectivity index (χ0) is 11.2. The van der Waals surface area contributed by atoms with Crippen LogP contribution in [-0.2, 0) is 4.79 Å². The molecule has 1 amide bonds. The lowest BCUT2D eigenvalue weighted by Gasteiger charge is -2.26. The highest BCUT2D eigenvalue weighted by molar-refractivity contribution is 5.79. The van der Waals surface area contributed by atoms with Crippen LogP contribution in [-0.4, -0.2) is 29.7 Å². The third kappa shape index (κ3) is 4.58. The number of aliphatic hydroxyl groups is 1. The van der Waals surface area contributed by atoms with Crippen LogP contribution in [0.25, 0.3) is 0 Å². The van der Waals surface area contributed by atoms with Crippen LogP contribution in [0, 0.1) is 5.92 Å². The topological polar surface area (TPSA) is 75.4 Å². The lowest BCUT2D eigenvalue weighted by atomic mass is 10.00. The predicted molar refractivity (Wildman–Crippen MR) is 56.8 cm³/mol. The van der Waals surface area contributed by atoms with Crippen molar-refractivity contribution in [2.24, 2.45) is 11.7 Å². The highest BCUT2D eigenvalue weighted by Crippen LogP contribution is 2.08. The minimum absolute atomic E-state index is 0.0617. The maximum Gasteiger partial charge on any atom is 0.224 e. The Morgan fingerprint density at radius 3 is 2.50 bits per heavy atom. The van der Waals surface area contributed by atoms with Crippen molar-refractivity contribution in [3.63, 3.8) is 0 Å². The average Bonchev–Trinajstić information content (AvgIpc) is 2.13. The predicted octanol–water partition coefficient (Wildman–Crippen LogP) is 0.249. The quantitative estimate of drug-likeness (QED) is 0.578. The van der Waals surface area contributed by atoms with E-state index in [2.05, 4.69) is 5.32 Å². The molecular formula is C10H22N2O2. The van der Waals surface area contributed by atoms with Gasteiger partial charge in [0.05, 0.1) is 18.1 Å². The standard InChI is InChI=1S/C10H22N2O2/c1-4-5-8(6-11)9(14)12-10(2,3)7-13/h8,13H,4-7,11H2,1-3H3,(H,12,14). The van der Waals surface area contributed by atoms with Gasteiger partial charge in [0, 0.05) is 6.54 Å². The first-order valence-electron chi connectivity index (χ1n) is 5.09. The van der Waals surface area contributed by atoms with Crippen molar-refractivity contribution in [3.05, 3.63) is 0 Å². The van der Waals surface area contributed by atoms with Gasteiger partial charge >= 0.3 is 0 Å². The van der Waals surface area contributed by atoms with E-state index in [0.29, 0.717) is 6.54 Å². The molecular weight excluding hydrogens is 180 g/mol. The normalized spacial score (nSPS) is 13.8. The van der Waals surface area contributed by atoms with Crippen molar-refractivity contribution < 1.29 is 9.90 Å². The van der Waals surface area contributed by atoms with E-state index in [1.165, 1.54) is 0 Å². The molecule has 0 aliphatic rings. The largest absolute Gasteiger partial charge is 0.394 e. The van der Waals surface area contributed by atoms with Crippen molar-refractivity contribution in [1.82, 2.24) is 5.32 Å². The monoisotopic (exact) mass is 202 g/mol. The summed E-state index contributed by atoms with van der Waals surface area (Å²) in [6.07, 6.45) is 1.73. The molecule has 0 aromatic rings. The Bertz CT molecular complexity index is 181. The van der Waals surface area contributed by atoms with E-state index < -0.39 is 5.54 Å². The lowest BCUT2D eigenvalue weighted by Crippen LogP contribution is -2.49. The van der Waals surface area contributed by atoms with Crippen LogP contribution in [0.4, 0.5) is 0 Å². The lowest BCUT2D eigenvalue weighted by molar-refractivity contribution is -0.127. The van der Waals surface area contributed by atoms with E-state index in [-0.39, 0.29) is 18.4 Å². The van der Waals surface area contributed by atoms with Gasteiger partial charge in [0.15, 0.2) is 0 Å². The van der Waals surface area contributed by atoms with E-state index in [0.717, 1.165) is 12.8 Å². The van der Waals surface area contributed by atoms with Crippen molar-refractivity contribution in [2.75, 3.05) is 13.2 Å². The van der Waals surface area contributed by atoms with E-state index in [1.807, 2.05) is 6.92 Å². The van der Waals surface area contributed by atoms with Gasteiger partial charge in [-0.2, -0.15) is 0 Å². The molecule has 0 aromatic heterocycles. The number of nitrogens with two attached hydrogens (primary N) is 1. The van der Waals surface area contributed by atoms with Gasteiger partial charge in [0.2, 0.25) is 5.91 Å². The molecule has 84 valence electrons.